The van der Waals surface area contributed by atoms with E-state index < -0.39 is 0 Å². The second kappa shape index (κ2) is 8.63. The van der Waals surface area contributed by atoms with Gasteiger partial charge in [0.15, 0.2) is 11.5 Å². The van der Waals surface area contributed by atoms with Crippen molar-refractivity contribution >= 4 is 34.8 Å². The van der Waals surface area contributed by atoms with E-state index in [0.29, 0.717) is 34.3 Å². The minimum absolute atomic E-state index is 0.189. The van der Waals surface area contributed by atoms with Crippen molar-refractivity contribution in [1.82, 2.24) is 0 Å². The predicted octanol–water partition coefficient (Wildman–Crippen LogP) is 5.14. The number of carbonyl (C=O) groups excluding carboxylic acids is 2. The summed E-state index contributed by atoms with van der Waals surface area (Å²) in [6, 6.07) is 13.4. The molecule has 2 aromatic carbocycles. The highest BCUT2D eigenvalue weighted by molar-refractivity contribution is 6.32. The highest BCUT2D eigenvalue weighted by atomic mass is 35.5. The lowest BCUT2D eigenvalue weighted by molar-refractivity contribution is 0.0993. The van der Waals surface area contributed by atoms with E-state index in [1.807, 2.05) is 13.8 Å². The molecule has 1 aromatic heterocycles. The number of para-hydroxylation sites is 1. The number of rotatable bonds is 6. The summed E-state index contributed by atoms with van der Waals surface area (Å²) in [5.74, 6) is -0.135. The summed E-state index contributed by atoms with van der Waals surface area (Å²) in [6.07, 6.45) is 1.42. The molecule has 0 fully saturated rings. The van der Waals surface area contributed by atoms with Crippen LogP contribution in [-0.2, 0) is 0 Å². The molecule has 0 bridgehead atoms. The molecule has 144 valence electrons. The minimum atomic E-state index is -0.390. The second-order valence-corrected chi connectivity index (χ2v) is 6.37. The van der Waals surface area contributed by atoms with E-state index >= 15 is 0 Å². The van der Waals surface area contributed by atoms with Gasteiger partial charge in [-0.2, -0.15) is 0 Å². The Morgan fingerprint density at radius 3 is 2.54 bits per heavy atom. The Morgan fingerprint density at radius 1 is 1.04 bits per heavy atom. The molecule has 3 aromatic rings. The molecule has 1 heterocycles. The van der Waals surface area contributed by atoms with Crippen LogP contribution in [0.3, 0.4) is 0 Å². The molecule has 0 saturated carbocycles. The van der Waals surface area contributed by atoms with Gasteiger partial charge in [0.05, 0.1) is 23.6 Å². The SMILES string of the molecule is CCOc1c(Cl)cccc1NC(=O)c1ccc(C)c(NC(=O)c2ccco2)c1. The summed E-state index contributed by atoms with van der Waals surface area (Å²) < 4.78 is 10.6. The maximum Gasteiger partial charge on any atom is 0.291 e. The van der Waals surface area contributed by atoms with Crippen LogP contribution in [0.5, 0.6) is 5.75 Å². The third-order valence-electron chi connectivity index (χ3n) is 4.00. The first-order chi connectivity index (χ1) is 13.5. The Hall–Kier alpha value is -3.25. The fraction of sp³-hybridized carbons (Fsp3) is 0.143. The van der Waals surface area contributed by atoms with Gasteiger partial charge in [-0.05, 0) is 55.8 Å². The molecule has 2 N–H and O–H groups in total. The van der Waals surface area contributed by atoms with E-state index in [9.17, 15) is 9.59 Å². The maximum absolute atomic E-state index is 12.7. The van der Waals surface area contributed by atoms with E-state index in [1.165, 1.54) is 6.26 Å². The van der Waals surface area contributed by atoms with Crippen molar-refractivity contribution in [2.75, 3.05) is 17.2 Å². The van der Waals surface area contributed by atoms with E-state index in [2.05, 4.69) is 10.6 Å². The Labute approximate surface area is 167 Å². The van der Waals surface area contributed by atoms with E-state index in [1.54, 1.807) is 48.5 Å². The van der Waals surface area contributed by atoms with Crippen molar-refractivity contribution in [3.05, 3.63) is 76.7 Å². The molecule has 0 radical (unpaired) electrons. The lowest BCUT2D eigenvalue weighted by Crippen LogP contribution is -2.15. The van der Waals surface area contributed by atoms with Gasteiger partial charge in [-0.3, -0.25) is 9.59 Å². The van der Waals surface area contributed by atoms with Gasteiger partial charge >= 0.3 is 0 Å². The van der Waals surface area contributed by atoms with Gasteiger partial charge in [-0.1, -0.05) is 23.7 Å². The van der Waals surface area contributed by atoms with Crippen LogP contribution in [0.4, 0.5) is 11.4 Å². The van der Waals surface area contributed by atoms with Crippen molar-refractivity contribution in [3.63, 3.8) is 0 Å². The van der Waals surface area contributed by atoms with E-state index in [0.717, 1.165) is 5.56 Å². The number of hydrogen-bond acceptors (Lipinski definition) is 4. The summed E-state index contributed by atoms with van der Waals surface area (Å²) in [5, 5.41) is 5.97. The number of benzene rings is 2. The molecular weight excluding hydrogens is 380 g/mol. The third kappa shape index (κ3) is 4.35. The molecule has 0 aliphatic heterocycles. The number of furan rings is 1. The first kappa shape index (κ1) is 19.5. The molecule has 3 rings (SSSR count). The molecular formula is C21H19ClN2O4. The van der Waals surface area contributed by atoms with Gasteiger partial charge in [0.2, 0.25) is 0 Å². The normalized spacial score (nSPS) is 10.4. The van der Waals surface area contributed by atoms with E-state index in [-0.39, 0.29) is 17.6 Å². The highest BCUT2D eigenvalue weighted by Gasteiger charge is 2.15. The van der Waals surface area contributed by atoms with Crippen LogP contribution in [0.2, 0.25) is 5.02 Å². The first-order valence-corrected chi connectivity index (χ1v) is 9.05. The average Bonchev–Trinajstić information content (AvgIpc) is 3.21. The Kier molecular flexibility index (Phi) is 6.01. The highest BCUT2D eigenvalue weighted by Crippen LogP contribution is 2.33. The molecule has 0 atom stereocenters. The standard InChI is InChI=1S/C21H19ClN2O4/c1-3-27-19-15(22)6-4-7-16(19)23-20(25)14-10-9-13(2)17(12-14)24-21(26)18-8-5-11-28-18/h4-12H,3H2,1-2H3,(H,23,25)(H,24,26). The van der Waals surface area contributed by atoms with Crippen LogP contribution in [-0.4, -0.2) is 18.4 Å². The fourth-order valence-corrected chi connectivity index (χ4v) is 2.81. The zero-order valence-corrected chi connectivity index (χ0v) is 16.2. The molecule has 2 amide bonds. The zero-order chi connectivity index (χ0) is 20.1. The van der Waals surface area contributed by atoms with Gasteiger partial charge in [0, 0.05) is 11.3 Å². The number of halogens is 1. The lowest BCUT2D eigenvalue weighted by atomic mass is 10.1. The van der Waals surface area contributed by atoms with Crippen LogP contribution in [0, 0.1) is 6.92 Å². The number of aryl methyl sites for hydroxylation is 1. The average molecular weight is 399 g/mol. The van der Waals surface area contributed by atoms with E-state index in [4.69, 9.17) is 20.8 Å². The van der Waals surface area contributed by atoms with Crippen molar-refractivity contribution in [1.29, 1.82) is 0 Å². The summed E-state index contributed by atoms with van der Waals surface area (Å²) in [5.41, 5.74) is 2.18. The minimum Gasteiger partial charge on any atom is -0.490 e. The quantitative estimate of drug-likeness (QED) is 0.602. The van der Waals surface area contributed by atoms with Crippen LogP contribution >= 0.6 is 11.6 Å². The predicted molar refractivity (Wildman–Crippen MR) is 108 cm³/mol. The molecule has 0 spiro atoms. The lowest BCUT2D eigenvalue weighted by Gasteiger charge is -2.14. The van der Waals surface area contributed by atoms with Gasteiger partial charge < -0.3 is 19.8 Å². The van der Waals surface area contributed by atoms with Crippen molar-refractivity contribution < 1.29 is 18.7 Å². The topological polar surface area (TPSA) is 80.6 Å². The van der Waals surface area contributed by atoms with Gasteiger partial charge in [-0.15, -0.1) is 0 Å². The number of amides is 2. The summed E-state index contributed by atoms with van der Waals surface area (Å²) >= 11 is 6.16. The monoisotopic (exact) mass is 398 g/mol. The Morgan fingerprint density at radius 2 is 1.82 bits per heavy atom. The van der Waals surface area contributed by atoms with Crippen LogP contribution in [0.25, 0.3) is 0 Å². The molecule has 7 heteroatoms. The van der Waals surface area contributed by atoms with Gasteiger partial charge in [-0.25, -0.2) is 0 Å². The maximum atomic E-state index is 12.7. The molecule has 0 aliphatic rings. The first-order valence-electron chi connectivity index (χ1n) is 8.67. The number of nitrogens with one attached hydrogen (secondary N) is 2. The fourth-order valence-electron chi connectivity index (χ4n) is 2.58. The van der Waals surface area contributed by atoms with Crippen LogP contribution in [0.1, 0.15) is 33.4 Å². The summed E-state index contributed by atoms with van der Waals surface area (Å²) in [7, 11) is 0. The molecule has 28 heavy (non-hydrogen) atoms. The zero-order valence-electron chi connectivity index (χ0n) is 15.4. The van der Waals surface area contributed by atoms with Crippen molar-refractivity contribution in [2.24, 2.45) is 0 Å². The number of ether oxygens (including phenoxy) is 1. The third-order valence-corrected chi connectivity index (χ3v) is 4.29. The van der Waals surface area contributed by atoms with Crippen molar-refractivity contribution in [2.45, 2.75) is 13.8 Å². The molecule has 0 aliphatic carbocycles. The summed E-state index contributed by atoms with van der Waals surface area (Å²) in [6.45, 7) is 4.09. The van der Waals surface area contributed by atoms with Crippen molar-refractivity contribution in [3.8, 4) is 5.75 Å². The second-order valence-electron chi connectivity index (χ2n) is 5.96. The number of hydrogen-bond donors (Lipinski definition) is 2. The Balaban J connectivity index is 1.81. The summed E-state index contributed by atoms with van der Waals surface area (Å²) in [4.78, 5) is 24.9. The van der Waals surface area contributed by atoms with Gasteiger partial charge in [0.1, 0.15) is 0 Å². The van der Waals surface area contributed by atoms with Crippen LogP contribution < -0.4 is 15.4 Å². The number of anilines is 2. The largest absolute Gasteiger partial charge is 0.490 e. The van der Waals surface area contributed by atoms with Gasteiger partial charge in [0.25, 0.3) is 11.8 Å². The molecule has 0 saturated heterocycles. The smallest absolute Gasteiger partial charge is 0.291 e. The van der Waals surface area contributed by atoms with Crippen LogP contribution in [0.15, 0.2) is 59.2 Å². The Bertz CT molecular complexity index is 1000. The molecule has 6 nitrogen and oxygen atoms in total. The number of carbonyl (C=O) groups is 2. The molecule has 0 unspecified atom stereocenters.